The molecule has 0 saturated heterocycles. The van der Waals surface area contributed by atoms with E-state index in [4.69, 9.17) is 28.9 Å². The lowest BCUT2D eigenvalue weighted by Gasteiger charge is -2.20. The summed E-state index contributed by atoms with van der Waals surface area (Å²) in [7, 11) is 1.38. The highest BCUT2D eigenvalue weighted by atomic mass is 35.5. The largest absolute Gasteiger partial charge is 0.383 e. The first-order valence-electron chi connectivity index (χ1n) is 7.49. The molecule has 25 heavy (non-hydrogen) atoms. The van der Waals surface area contributed by atoms with Crippen molar-refractivity contribution in [2.75, 3.05) is 17.7 Å². The minimum absolute atomic E-state index is 0.0614. The van der Waals surface area contributed by atoms with Crippen LogP contribution in [0.25, 0.3) is 0 Å². The number of hydrogen-bond acceptors (Lipinski definition) is 5. The Morgan fingerprint density at radius 2 is 2.08 bits per heavy atom. The molecule has 2 heterocycles. The van der Waals surface area contributed by atoms with Gasteiger partial charge < -0.3 is 10.6 Å². The highest BCUT2D eigenvalue weighted by molar-refractivity contribution is 6.41. The van der Waals surface area contributed by atoms with Gasteiger partial charge >= 0.3 is 5.69 Å². The van der Waals surface area contributed by atoms with Crippen LogP contribution in [-0.4, -0.2) is 27.5 Å². The van der Waals surface area contributed by atoms with Crippen LogP contribution in [0.1, 0.15) is 30.1 Å². The van der Waals surface area contributed by atoms with Crippen LogP contribution < -0.4 is 21.9 Å². The molecule has 0 unspecified atom stereocenters. The van der Waals surface area contributed by atoms with Gasteiger partial charge in [0.1, 0.15) is 11.0 Å². The summed E-state index contributed by atoms with van der Waals surface area (Å²) >= 11 is 11.6. The smallest absolute Gasteiger partial charge is 0.330 e. The molecule has 134 valence electrons. The molecule has 0 fully saturated rings. The highest BCUT2D eigenvalue weighted by Crippen LogP contribution is 2.22. The predicted molar refractivity (Wildman–Crippen MR) is 97.6 cm³/mol. The number of nitrogens with one attached hydrogen (secondary N) is 1. The highest BCUT2D eigenvalue weighted by Gasteiger charge is 2.22. The Kier molecular flexibility index (Phi) is 5.86. The number of aromatic amines is 1. The molecule has 0 atom stereocenters. The number of hydrogen-bond donors (Lipinski definition) is 2. The van der Waals surface area contributed by atoms with E-state index in [2.05, 4.69) is 9.97 Å². The lowest BCUT2D eigenvalue weighted by molar-refractivity contribution is 0.0992. The van der Waals surface area contributed by atoms with Crippen molar-refractivity contribution in [3.8, 4) is 0 Å². The molecule has 0 aliphatic rings. The Morgan fingerprint density at radius 1 is 1.40 bits per heavy atom. The van der Waals surface area contributed by atoms with Crippen LogP contribution in [0.2, 0.25) is 10.2 Å². The Morgan fingerprint density at radius 3 is 2.68 bits per heavy atom. The fourth-order valence-electron chi connectivity index (χ4n) is 2.27. The molecule has 0 saturated carbocycles. The van der Waals surface area contributed by atoms with Crippen molar-refractivity contribution < 1.29 is 4.79 Å². The maximum absolute atomic E-state index is 12.6. The van der Waals surface area contributed by atoms with Crippen molar-refractivity contribution in [2.45, 2.75) is 26.3 Å². The first kappa shape index (κ1) is 19.0. The predicted octanol–water partition coefficient (Wildman–Crippen LogP) is 1.90. The van der Waals surface area contributed by atoms with E-state index in [0.717, 1.165) is 11.3 Å². The third kappa shape index (κ3) is 3.85. The van der Waals surface area contributed by atoms with E-state index in [9.17, 15) is 14.4 Å². The molecular weight excluding hydrogens is 369 g/mol. The van der Waals surface area contributed by atoms with Gasteiger partial charge in [-0.25, -0.2) is 9.78 Å². The zero-order chi connectivity index (χ0) is 18.7. The number of aromatic nitrogens is 3. The number of pyridine rings is 1. The molecule has 0 aliphatic heterocycles. The van der Waals surface area contributed by atoms with Crippen LogP contribution in [0.3, 0.4) is 0 Å². The molecule has 1 amide bonds. The van der Waals surface area contributed by atoms with Crippen LogP contribution in [-0.2, 0) is 6.54 Å². The van der Waals surface area contributed by atoms with E-state index < -0.39 is 17.2 Å². The van der Waals surface area contributed by atoms with Gasteiger partial charge in [0.2, 0.25) is 0 Å². The minimum Gasteiger partial charge on any atom is -0.383 e. The molecule has 8 nitrogen and oxygen atoms in total. The number of nitrogen functional groups attached to an aromatic ring is 1. The van der Waals surface area contributed by atoms with Crippen LogP contribution in [0, 0.1) is 0 Å². The minimum atomic E-state index is -0.751. The third-order valence-electron chi connectivity index (χ3n) is 3.63. The Balaban J connectivity index is 2.49. The Bertz CT molecular complexity index is 922. The molecule has 0 bridgehead atoms. The molecule has 2 aromatic rings. The molecule has 0 aliphatic carbocycles. The maximum Gasteiger partial charge on any atom is 0.330 e. The van der Waals surface area contributed by atoms with Gasteiger partial charge in [-0.1, -0.05) is 36.5 Å². The van der Waals surface area contributed by atoms with Gasteiger partial charge in [0.15, 0.2) is 5.69 Å². The molecule has 0 radical (unpaired) electrons. The monoisotopic (exact) mass is 385 g/mol. The quantitative estimate of drug-likeness (QED) is 0.762. The third-order valence-corrected chi connectivity index (χ3v) is 4.32. The fraction of sp³-hybridized carbons (Fsp3) is 0.333. The zero-order valence-corrected chi connectivity index (χ0v) is 15.2. The van der Waals surface area contributed by atoms with Crippen molar-refractivity contribution in [2.24, 2.45) is 0 Å². The molecular formula is C15H17Cl2N5O3. The molecule has 0 aromatic carbocycles. The Labute approximate surface area is 153 Å². The van der Waals surface area contributed by atoms with Gasteiger partial charge in [0.25, 0.3) is 11.5 Å². The van der Waals surface area contributed by atoms with E-state index >= 15 is 0 Å². The second-order valence-corrected chi connectivity index (χ2v) is 6.12. The summed E-state index contributed by atoms with van der Waals surface area (Å²) in [6, 6.07) is 1.34. The number of amides is 1. The van der Waals surface area contributed by atoms with E-state index in [0.29, 0.717) is 13.0 Å². The SMILES string of the molecule is CCCCn1c(N)c(N(C)C(=O)c2cnc(Cl)c(Cl)c2)c(=O)[nH]c1=O. The summed E-state index contributed by atoms with van der Waals surface area (Å²) in [5.41, 5.74) is 4.63. The molecule has 3 N–H and O–H groups in total. The van der Waals surface area contributed by atoms with E-state index in [1.165, 1.54) is 23.9 Å². The lowest BCUT2D eigenvalue weighted by atomic mass is 10.2. The number of unbranched alkanes of at least 4 members (excludes halogenated alkanes) is 1. The summed E-state index contributed by atoms with van der Waals surface area (Å²) in [5, 5.41) is 0.169. The Hall–Kier alpha value is -2.32. The van der Waals surface area contributed by atoms with Gasteiger partial charge in [-0.3, -0.25) is 19.1 Å². The van der Waals surface area contributed by atoms with Crippen LogP contribution in [0.15, 0.2) is 21.9 Å². The number of halogens is 2. The number of anilines is 2. The van der Waals surface area contributed by atoms with E-state index in [1.54, 1.807) is 0 Å². The number of nitrogens with two attached hydrogens (primary N) is 1. The second-order valence-electron chi connectivity index (χ2n) is 5.36. The van der Waals surface area contributed by atoms with Gasteiger partial charge in [-0.05, 0) is 12.5 Å². The molecule has 2 aromatic heterocycles. The lowest BCUT2D eigenvalue weighted by Crippen LogP contribution is -2.39. The van der Waals surface area contributed by atoms with Crippen molar-refractivity contribution in [1.29, 1.82) is 0 Å². The summed E-state index contributed by atoms with van der Waals surface area (Å²) < 4.78 is 1.23. The summed E-state index contributed by atoms with van der Waals surface area (Å²) in [4.78, 5) is 43.8. The van der Waals surface area contributed by atoms with Gasteiger partial charge in [0, 0.05) is 19.8 Å². The average Bonchev–Trinajstić information content (AvgIpc) is 2.56. The number of nitrogens with zero attached hydrogens (tertiary/aromatic N) is 3. The molecule has 10 heteroatoms. The normalized spacial score (nSPS) is 10.7. The molecule has 0 spiro atoms. The topological polar surface area (TPSA) is 114 Å². The zero-order valence-electron chi connectivity index (χ0n) is 13.7. The number of carbonyl (C=O) groups is 1. The summed E-state index contributed by atoms with van der Waals surface area (Å²) in [6.45, 7) is 2.29. The summed E-state index contributed by atoms with van der Waals surface area (Å²) in [6.07, 6.45) is 2.78. The first-order chi connectivity index (χ1) is 11.8. The maximum atomic E-state index is 12.6. The van der Waals surface area contributed by atoms with Gasteiger partial charge in [-0.15, -0.1) is 0 Å². The van der Waals surface area contributed by atoms with Crippen molar-refractivity contribution in [1.82, 2.24) is 14.5 Å². The van der Waals surface area contributed by atoms with Crippen LogP contribution in [0.5, 0.6) is 0 Å². The first-order valence-corrected chi connectivity index (χ1v) is 8.25. The fourth-order valence-corrected chi connectivity index (χ4v) is 2.54. The van der Waals surface area contributed by atoms with Gasteiger partial charge in [0.05, 0.1) is 10.6 Å². The van der Waals surface area contributed by atoms with Crippen molar-refractivity contribution >= 4 is 40.6 Å². The second kappa shape index (κ2) is 7.71. The van der Waals surface area contributed by atoms with Gasteiger partial charge in [-0.2, -0.15) is 0 Å². The average molecular weight is 386 g/mol. The van der Waals surface area contributed by atoms with Crippen LogP contribution in [0.4, 0.5) is 11.5 Å². The number of carbonyl (C=O) groups excluding carboxylic acids is 1. The number of rotatable bonds is 5. The van der Waals surface area contributed by atoms with E-state index in [-0.39, 0.29) is 27.2 Å². The van der Waals surface area contributed by atoms with Crippen LogP contribution >= 0.6 is 23.2 Å². The van der Waals surface area contributed by atoms with Crippen molar-refractivity contribution in [3.63, 3.8) is 0 Å². The summed E-state index contributed by atoms with van der Waals surface area (Å²) in [5.74, 6) is -0.643. The standard InChI is InChI=1S/C15H17Cl2N5O3/c1-3-4-5-22-12(18)10(13(23)20-15(22)25)21(2)14(24)8-6-9(16)11(17)19-7-8/h6-7H,3-5,18H2,1-2H3,(H,20,23,25). The molecule has 2 rings (SSSR count). The van der Waals surface area contributed by atoms with Crippen molar-refractivity contribution in [3.05, 3.63) is 48.8 Å². The number of H-pyrrole nitrogens is 1. The van der Waals surface area contributed by atoms with E-state index in [1.807, 2.05) is 6.92 Å².